The van der Waals surface area contributed by atoms with E-state index in [0.717, 1.165) is 11.0 Å². The van der Waals surface area contributed by atoms with Crippen LogP contribution in [-0.2, 0) is 5.75 Å². The van der Waals surface area contributed by atoms with Gasteiger partial charge in [-0.25, -0.2) is 8.78 Å². The Morgan fingerprint density at radius 3 is 2.35 bits per heavy atom. The standard InChI is InChI=1S/C13H9ClF2S/c14-10-2-5-12(6-3-10)17-8-9-1-4-11(15)7-13(9)16/h1-7H,8H2. The van der Waals surface area contributed by atoms with Crippen molar-refractivity contribution in [3.8, 4) is 0 Å². The molecule has 0 bridgehead atoms. The van der Waals surface area contributed by atoms with E-state index in [4.69, 9.17) is 11.6 Å². The molecule has 0 spiro atoms. The monoisotopic (exact) mass is 270 g/mol. The Balaban J connectivity index is 2.04. The zero-order valence-electron chi connectivity index (χ0n) is 8.79. The maximum atomic E-state index is 13.3. The van der Waals surface area contributed by atoms with Gasteiger partial charge in [-0.05, 0) is 35.9 Å². The molecule has 2 aromatic rings. The fourth-order valence-electron chi connectivity index (χ4n) is 1.33. The lowest BCUT2D eigenvalue weighted by atomic mass is 10.2. The molecule has 0 aliphatic carbocycles. The van der Waals surface area contributed by atoms with Gasteiger partial charge in [0.25, 0.3) is 0 Å². The van der Waals surface area contributed by atoms with E-state index in [0.29, 0.717) is 16.3 Å². The average Bonchev–Trinajstić information content (AvgIpc) is 2.30. The van der Waals surface area contributed by atoms with Gasteiger partial charge in [0.1, 0.15) is 11.6 Å². The van der Waals surface area contributed by atoms with Crippen LogP contribution in [0.15, 0.2) is 47.4 Å². The van der Waals surface area contributed by atoms with Crippen molar-refractivity contribution in [1.82, 2.24) is 0 Å². The van der Waals surface area contributed by atoms with Crippen LogP contribution in [-0.4, -0.2) is 0 Å². The van der Waals surface area contributed by atoms with Gasteiger partial charge in [0, 0.05) is 21.7 Å². The third-order valence-corrected chi connectivity index (χ3v) is 3.54. The number of benzene rings is 2. The molecule has 2 aromatic carbocycles. The molecule has 0 aliphatic heterocycles. The fourth-order valence-corrected chi connectivity index (χ4v) is 2.34. The molecule has 0 saturated heterocycles. The third kappa shape index (κ3) is 3.45. The maximum absolute atomic E-state index is 13.3. The van der Waals surface area contributed by atoms with Gasteiger partial charge in [-0.15, -0.1) is 11.8 Å². The van der Waals surface area contributed by atoms with Crippen molar-refractivity contribution in [3.05, 3.63) is 64.7 Å². The second-order valence-electron chi connectivity index (χ2n) is 3.48. The second kappa shape index (κ2) is 5.52. The zero-order chi connectivity index (χ0) is 12.3. The minimum atomic E-state index is -0.553. The van der Waals surface area contributed by atoms with E-state index in [1.54, 1.807) is 12.1 Å². The van der Waals surface area contributed by atoms with Gasteiger partial charge >= 0.3 is 0 Å². The van der Waals surface area contributed by atoms with E-state index in [2.05, 4.69) is 0 Å². The summed E-state index contributed by atoms with van der Waals surface area (Å²) < 4.78 is 26.0. The minimum Gasteiger partial charge on any atom is -0.207 e. The van der Waals surface area contributed by atoms with Crippen molar-refractivity contribution in [2.24, 2.45) is 0 Å². The largest absolute Gasteiger partial charge is 0.207 e. The van der Waals surface area contributed by atoms with E-state index in [1.165, 1.54) is 23.9 Å². The molecule has 0 aromatic heterocycles. The highest BCUT2D eigenvalue weighted by Crippen LogP contribution is 2.25. The highest BCUT2D eigenvalue weighted by atomic mass is 35.5. The summed E-state index contributed by atoms with van der Waals surface area (Å²) in [5.41, 5.74) is 0.492. The van der Waals surface area contributed by atoms with E-state index in [-0.39, 0.29) is 0 Å². The van der Waals surface area contributed by atoms with Crippen LogP contribution in [0, 0.1) is 11.6 Å². The smallest absolute Gasteiger partial charge is 0.130 e. The Morgan fingerprint density at radius 1 is 1.00 bits per heavy atom. The second-order valence-corrected chi connectivity index (χ2v) is 4.96. The zero-order valence-corrected chi connectivity index (χ0v) is 10.4. The molecule has 0 saturated carbocycles. The molecule has 2 rings (SSSR count). The Morgan fingerprint density at radius 2 is 1.71 bits per heavy atom. The van der Waals surface area contributed by atoms with Crippen LogP contribution in [0.5, 0.6) is 0 Å². The SMILES string of the molecule is Fc1ccc(CSc2ccc(Cl)cc2)c(F)c1. The molecule has 0 unspecified atom stereocenters. The molecular formula is C13H9ClF2S. The summed E-state index contributed by atoms with van der Waals surface area (Å²) in [6.07, 6.45) is 0. The Hall–Kier alpha value is -1.06. The fraction of sp³-hybridized carbons (Fsp3) is 0.0769. The highest BCUT2D eigenvalue weighted by molar-refractivity contribution is 7.98. The Labute approximate surface area is 108 Å². The molecule has 0 aliphatic rings. The summed E-state index contributed by atoms with van der Waals surface area (Å²) in [5.74, 6) is -0.595. The molecule has 0 radical (unpaired) electrons. The van der Waals surface area contributed by atoms with E-state index < -0.39 is 11.6 Å². The van der Waals surface area contributed by atoms with Gasteiger partial charge in [0.2, 0.25) is 0 Å². The van der Waals surface area contributed by atoms with Gasteiger partial charge in [-0.2, -0.15) is 0 Å². The van der Waals surface area contributed by atoms with Crippen molar-refractivity contribution in [1.29, 1.82) is 0 Å². The van der Waals surface area contributed by atoms with Gasteiger partial charge in [-0.3, -0.25) is 0 Å². The first-order valence-corrected chi connectivity index (χ1v) is 6.34. The number of halogens is 3. The van der Waals surface area contributed by atoms with Crippen LogP contribution in [0.25, 0.3) is 0 Å². The molecule has 4 heteroatoms. The van der Waals surface area contributed by atoms with Gasteiger partial charge in [0.15, 0.2) is 0 Å². The maximum Gasteiger partial charge on any atom is 0.130 e. The van der Waals surface area contributed by atoms with E-state index in [9.17, 15) is 8.78 Å². The first-order chi connectivity index (χ1) is 8.15. The van der Waals surface area contributed by atoms with Crippen molar-refractivity contribution in [2.75, 3.05) is 0 Å². The summed E-state index contributed by atoms with van der Waals surface area (Å²) in [4.78, 5) is 0.998. The minimum absolute atomic E-state index is 0.466. The van der Waals surface area contributed by atoms with Crippen LogP contribution in [0.1, 0.15) is 5.56 Å². The number of hydrogen-bond acceptors (Lipinski definition) is 1. The molecular weight excluding hydrogens is 262 g/mol. The predicted octanol–water partition coefficient (Wildman–Crippen LogP) is 4.91. The summed E-state index contributed by atoms with van der Waals surface area (Å²) in [5, 5.41) is 0.669. The lowest BCUT2D eigenvalue weighted by molar-refractivity contribution is 0.576. The van der Waals surface area contributed by atoms with E-state index >= 15 is 0 Å². The molecule has 0 nitrogen and oxygen atoms in total. The predicted molar refractivity (Wildman–Crippen MR) is 67.4 cm³/mol. The van der Waals surface area contributed by atoms with Crippen molar-refractivity contribution >= 4 is 23.4 Å². The molecule has 0 atom stereocenters. The van der Waals surface area contributed by atoms with Gasteiger partial charge in [-0.1, -0.05) is 17.7 Å². The first kappa shape index (κ1) is 12.4. The van der Waals surface area contributed by atoms with Crippen molar-refractivity contribution in [2.45, 2.75) is 10.6 Å². The topological polar surface area (TPSA) is 0 Å². The summed E-state index contributed by atoms with van der Waals surface area (Å²) in [6.45, 7) is 0. The average molecular weight is 271 g/mol. The van der Waals surface area contributed by atoms with Gasteiger partial charge in [0.05, 0.1) is 0 Å². The van der Waals surface area contributed by atoms with Crippen LogP contribution in [0.2, 0.25) is 5.02 Å². The number of hydrogen-bond donors (Lipinski definition) is 0. The lowest BCUT2D eigenvalue weighted by Gasteiger charge is -2.03. The van der Waals surface area contributed by atoms with Crippen LogP contribution in [0.4, 0.5) is 8.78 Å². The van der Waals surface area contributed by atoms with Crippen LogP contribution < -0.4 is 0 Å². The lowest BCUT2D eigenvalue weighted by Crippen LogP contribution is -1.88. The van der Waals surface area contributed by atoms with Crippen molar-refractivity contribution < 1.29 is 8.78 Å². The van der Waals surface area contributed by atoms with Crippen LogP contribution in [0.3, 0.4) is 0 Å². The highest BCUT2D eigenvalue weighted by Gasteiger charge is 2.04. The normalized spacial score (nSPS) is 10.5. The number of rotatable bonds is 3. The Bertz CT molecular complexity index is 511. The summed E-state index contributed by atoms with van der Waals surface area (Å²) >= 11 is 7.24. The molecule has 17 heavy (non-hydrogen) atoms. The summed E-state index contributed by atoms with van der Waals surface area (Å²) in [7, 11) is 0. The molecule has 0 N–H and O–H groups in total. The van der Waals surface area contributed by atoms with E-state index in [1.807, 2.05) is 12.1 Å². The molecule has 88 valence electrons. The van der Waals surface area contributed by atoms with Gasteiger partial charge < -0.3 is 0 Å². The molecule has 0 heterocycles. The molecule has 0 fully saturated rings. The van der Waals surface area contributed by atoms with Crippen molar-refractivity contribution in [3.63, 3.8) is 0 Å². The molecule has 0 amide bonds. The summed E-state index contributed by atoms with van der Waals surface area (Å²) in [6, 6.07) is 10.9. The quantitative estimate of drug-likeness (QED) is 0.714. The van der Waals surface area contributed by atoms with Crippen LogP contribution >= 0.6 is 23.4 Å². The first-order valence-electron chi connectivity index (χ1n) is 4.97. The number of thioether (sulfide) groups is 1. The third-order valence-electron chi connectivity index (χ3n) is 2.22. The Kier molecular flexibility index (Phi) is 4.02.